The molecule has 4 heteroatoms. The molecule has 2 atom stereocenters. The molecule has 1 aromatic heterocycles. The molecule has 19 heavy (non-hydrogen) atoms. The molecular formula is C15H20ClIN2. The van der Waals surface area contributed by atoms with Crippen molar-refractivity contribution in [3.63, 3.8) is 0 Å². The molecule has 0 bridgehead atoms. The lowest BCUT2D eigenvalue weighted by atomic mass is 10.00. The number of rotatable bonds is 5. The van der Waals surface area contributed by atoms with E-state index in [1.54, 1.807) is 0 Å². The van der Waals surface area contributed by atoms with Crippen LogP contribution < -0.4 is 0 Å². The second-order valence-corrected chi connectivity index (χ2v) is 6.78. The van der Waals surface area contributed by atoms with Crippen LogP contribution in [0.15, 0.2) is 18.2 Å². The van der Waals surface area contributed by atoms with Crippen molar-refractivity contribution in [3.8, 4) is 0 Å². The molecule has 2 nitrogen and oxygen atoms in total. The second kappa shape index (κ2) is 6.44. The maximum Gasteiger partial charge on any atom is 0.125 e. The van der Waals surface area contributed by atoms with Crippen LogP contribution in [0.25, 0.3) is 11.0 Å². The van der Waals surface area contributed by atoms with Crippen LogP contribution in [0, 0.1) is 9.49 Å². The van der Waals surface area contributed by atoms with E-state index in [0.717, 1.165) is 23.7 Å². The molecule has 0 saturated carbocycles. The molecule has 2 rings (SSSR count). The van der Waals surface area contributed by atoms with Crippen molar-refractivity contribution >= 4 is 45.2 Å². The summed E-state index contributed by atoms with van der Waals surface area (Å²) in [5.74, 6) is 2.17. The van der Waals surface area contributed by atoms with Crippen LogP contribution in [0.3, 0.4) is 0 Å². The fourth-order valence-electron chi connectivity index (χ4n) is 2.56. The van der Waals surface area contributed by atoms with Crippen LogP contribution in [0.1, 0.15) is 45.5 Å². The Hall–Kier alpha value is -0.290. The lowest BCUT2D eigenvalue weighted by Crippen LogP contribution is -2.11. The van der Waals surface area contributed by atoms with Crippen molar-refractivity contribution in [1.29, 1.82) is 0 Å². The SMILES string of the molecule is CCC(C)CC(C)n1c(CCl)nc2cc(I)ccc21. The summed E-state index contributed by atoms with van der Waals surface area (Å²) in [6.07, 6.45) is 2.38. The van der Waals surface area contributed by atoms with Gasteiger partial charge in [0.1, 0.15) is 5.82 Å². The number of hydrogen-bond acceptors (Lipinski definition) is 1. The smallest absolute Gasteiger partial charge is 0.125 e. The third-order valence-electron chi connectivity index (χ3n) is 3.73. The van der Waals surface area contributed by atoms with Gasteiger partial charge in [-0.3, -0.25) is 0 Å². The van der Waals surface area contributed by atoms with E-state index in [2.05, 4.69) is 71.1 Å². The largest absolute Gasteiger partial charge is 0.324 e. The molecule has 2 unspecified atom stereocenters. The summed E-state index contributed by atoms with van der Waals surface area (Å²) in [6.45, 7) is 6.81. The first-order valence-corrected chi connectivity index (χ1v) is 8.40. The zero-order chi connectivity index (χ0) is 14.0. The predicted molar refractivity (Wildman–Crippen MR) is 90.8 cm³/mol. The minimum Gasteiger partial charge on any atom is -0.324 e. The summed E-state index contributed by atoms with van der Waals surface area (Å²) in [5.41, 5.74) is 2.26. The summed E-state index contributed by atoms with van der Waals surface area (Å²) in [5, 5.41) is 0. The molecule has 0 saturated heterocycles. The molecule has 0 spiro atoms. The Morgan fingerprint density at radius 2 is 2.11 bits per heavy atom. The number of nitrogens with zero attached hydrogens (tertiary/aromatic N) is 2. The number of aromatic nitrogens is 2. The molecule has 0 amide bonds. The molecule has 2 aromatic rings. The zero-order valence-electron chi connectivity index (χ0n) is 11.7. The van der Waals surface area contributed by atoms with Gasteiger partial charge >= 0.3 is 0 Å². The minimum atomic E-state index is 0.439. The fourth-order valence-corrected chi connectivity index (χ4v) is 3.23. The maximum absolute atomic E-state index is 6.07. The van der Waals surface area contributed by atoms with E-state index in [4.69, 9.17) is 11.6 Å². The highest BCUT2D eigenvalue weighted by atomic mass is 127. The number of fused-ring (bicyclic) bond motifs is 1. The van der Waals surface area contributed by atoms with Gasteiger partial charge in [-0.25, -0.2) is 4.98 Å². The van der Waals surface area contributed by atoms with E-state index >= 15 is 0 Å². The normalized spacial score (nSPS) is 14.8. The van der Waals surface area contributed by atoms with Crippen molar-refractivity contribution < 1.29 is 0 Å². The van der Waals surface area contributed by atoms with Crippen molar-refractivity contribution in [2.45, 2.75) is 45.5 Å². The predicted octanol–water partition coefficient (Wildman–Crippen LogP) is 5.38. The highest BCUT2D eigenvalue weighted by Gasteiger charge is 2.17. The zero-order valence-corrected chi connectivity index (χ0v) is 14.6. The molecule has 0 aliphatic rings. The third kappa shape index (κ3) is 3.24. The average Bonchev–Trinajstić information content (AvgIpc) is 2.75. The van der Waals surface area contributed by atoms with Crippen molar-refractivity contribution in [3.05, 3.63) is 27.6 Å². The van der Waals surface area contributed by atoms with E-state index in [-0.39, 0.29) is 0 Å². The lowest BCUT2D eigenvalue weighted by molar-refractivity contribution is 0.399. The Morgan fingerprint density at radius 1 is 1.37 bits per heavy atom. The molecule has 0 aliphatic heterocycles. The van der Waals surface area contributed by atoms with Gasteiger partial charge in [0.25, 0.3) is 0 Å². The molecular weight excluding hydrogens is 371 g/mol. The molecule has 0 fully saturated rings. The Labute approximate surface area is 133 Å². The van der Waals surface area contributed by atoms with Gasteiger partial charge in [-0.1, -0.05) is 20.3 Å². The number of alkyl halides is 1. The lowest BCUT2D eigenvalue weighted by Gasteiger charge is -2.20. The minimum absolute atomic E-state index is 0.439. The summed E-state index contributed by atoms with van der Waals surface area (Å²) >= 11 is 8.39. The van der Waals surface area contributed by atoms with Gasteiger partial charge in [0.15, 0.2) is 0 Å². The van der Waals surface area contributed by atoms with Crippen LogP contribution in [-0.2, 0) is 5.88 Å². The number of benzene rings is 1. The average molecular weight is 391 g/mol. The molecule has 0 radical (unpaired) electrons. The van der Waals surface area contributed by atoms with Crippen molar-refractivity contribution in [2.75, 3.05) is 0 Å². The van der Waals surface area contributed by atoms with Crippen molar-refractivity contribution in [1.82, 2.24) is 9.55 Å². The number of halogens is 2. The highest BCUT2D eigenvalue weighted by Crippen LogP contribution is 2.28. The summed E-state index contributed by atoms with van der Waals surface area (Å²) < 4.78 is 3.52. The first kappa shape index (κ1) is 15.1. The van der Waals surface area contributed by atoms with Crippen molar-refractivity contribution in [2.24, 2.45) is 5.92 Å². The van der Waals surface area contributed by atoms with Gasteiger partial charge < -0.3 is 4.57 Å². The first-order valence-electron chi connectivity index (χ1n) is 6.79. The van der Waals surface area contributed by atoms with Crippen LogP contribution in [0.5, 0.6) is 0 Å². The Kier molecular flexibility index (Phi) is 5.12. The standard InChI is InChI=1S/C15H20ClIN2/c1-4-10(2)7-11(3)19-14-6-5-12(17)8-13(14)18-15(19)9-16/h5-6,8,10-11H,4,7,9H2,1-3H3. The van der Waals surface area contributed by atoms with Crippen LogP contribution in [0.2, 0.25) is 0 Å². The Balaban J connectivity index is 2.45. The van der Waals surface area contributed by atoms with Gasteiger partial charge in [0.2, 0.25) is 0 Å². The van der Waals surface area contributed by atoms with E-state index in [0.29, 0.717) is 11.9 Å². The number of imidazole rings is 1. The van der Waals surface area contributed by atoms with Gasteiger partial charge in [-0.05, 0) is 60.1 Å². The second-order valence-electron chi connectivity index (χ2n) is 5.26. The molecule has 104 valence electrons. The van der Waals surface area contributed by atoms with Gasteiger partial charge in [-0.2, -0.15) is 0 Å². The van der Waals surface area contributed by atoms with E-state index in [1.165, 1.54) is 15.5 Å². The quantitative estimate of drug-likeness (QED) is 0.495. The summed E-state index contributed by atoms with van der Waals surface area (Å²) in [7, 11) is 0. The Bertz CT molecular complexity index is 565. The summed E-state index contributed by atoms with van der Waals surface area (Å²) in [6, 6.07) is 6.86. The van der Waals surface area contributed by atoms with E-state index < -0.39 is 0 Å². The van der Waals surface area contributed by atoms with Crippen LogP contribution in [0.4, 0.5) is 0 Å². The van der Waals surface area contributed by atoms with Crippen LogP contribution >= 0.6 is 34.2 Å². The van der Waals surface area contributed by atoms with Crippen LogP contribution in [-0.4, -0.2) is 9.55 Å². The highest BCUT2D eigenvalue weighted by molar-refractivity contribution is 14.1. The number of hydrogen-bond donors (Lipinski definition) is 0. The summed E-state index contributed by atoms with van der Waals surface area (Å²) in [4.78, 5) is 4.67. The van der Waals surface area contributed by atoms with Gasteiger partial charge in [0.05, 0.1) is 16.9 Å². The topological polar surface area (TPSA) is 17.8 Å². The molecule has 0 N–H and O–H groups in total. The Morgan fingerprint density at radius 3 is 2.74 bits per heavy atom. The third-order valence-corrected chi connectivity index (χ3v) is 4.64. The van der Waals surface area contributed by atoms with E-state index in [1.807, 2.05) is 0 Å². The monoisotopic (exact) mass is 390 g/mol. The fraction of sp³-hybridized carbons (Fsp3) is 0.533. The van der Waals surface area contributed by atoms with Gasteiger partial charge in [0, 0.05) is 9.61 Å². The van der Waals surface area contributed by atoms with E-state index in [9.17, 15) is 0 Å². The molecule has 0 aliphatic carbocycles. The first-order chi connectivity index (χ1) is 9.06. The van der Waals surface area contributed by atoms with Gasteiger partial charge in [-0.15, -0.1) is 11.6 Å². The molecule has 1 heterocycles. The molecule has 1 aromatic carbocycles. The maximum atomic E-state index is 6.07.